The summed E-state index contributed by atoms with van der Waals surface area (Å²) < 4.78 is 7.63. The first-order chi connectivity index (χ1) is 11.4. The average Bonchev–Trinajstić information content (AvgIpc) is 2.79. The maximum Gasteiger partial charge on any atom is 0.344 e. The van der Waals surface area contributed by atoms with Crippen LogP contribution >= 0.6 is 11.6 Å². The van der Waals surface area contributed by atoms with Crippen molar-refractivity contribution in [2.75, 3.05) is 0 Å². The number of aryl methyl sites for hydroxylation is 1. The first-order valence-electron chi connectivity index (χ1n) is 7.63. The summed E-state index contributed by atoms with van der Waals surface area (Å²) in [4.78, 5) is 11.0. The fourth-order valence-corrected chi connectivity index (χ4v) is 2.99. The van der Waals surface area contributed by atoms with Crippen molar-refractivity contribution in [3.63, 3.8) is 0 Å². The van der Waals surface area contributed by atoms with Crippen molar-refractivity contribution >= 4 is 28.5 Å². The maximum absolute atomic E-state index is 11.0. The number of nitrogens with zero attached hydrogens (tertiary/aromatic N) is 1. The van der Waals surface area contributed by atoms with Crippen molar-refractivity contribution in [1.82, 2.24) is 4.57 Å². The highest BCUT2D eigenvalue weighted by Crippen LogP contribution is 2.36. The number of carbonyl (C=O) groups is 1. The van der Waals surface area contributed by atoms with E-state index >= 15 is 0 Å². The second-order valence-corrected chi connectivity index (χ2v) is 6.24. The number of hydrogen-bond donors (Lipinski definition) is 1. The maximum atomic E-state index is 11.0. The van der Waals surface area contributed by atoms with Crippen molar-refractivity contribution in [1.29, 1.82) is 0 Å². The predicted octanol–water partition coefficient (Wildman–Crippen LogP) is 4.66. The fourth-order valence-electron chi connectivity index (χ4n) is 2.86. The number of ether oxygens (including phenoxy) is 1. The van der Waals surface area contributed by atoms with Gasteiger partial charge in [-0.3, -0.25) is 0 Å². The molecule has 1 heterocycles. The Morgan fingerprint density at radius 2 is 1.88 bits per heavy atom. The van der Waals surface area contributed by atoms with Crippen molar-refractivity contribution in [3.8, 4) is 16.9 Å². The summed E-state index contributed by atoms with van der Waals surface area (Å²) in [5, 5.41) is 10.7. The summed E-state index contributed by atoms with van der Waals surface area (Å²) >= 11 is 5.99. The fraction of sp³-hybridized carbons (Fsp3) is 0.211. The van der Waals surface area contributed by atoms with Gasteiger partial charge in [-0.15, -0.1) is 0 Å². The van der Waals surface area contributed by atoms with Gasteiger partial charge in [-0.1, -0.05) is 23.7 Å². The van der Waals surface area contributed by atoms with E-state index in [0.717, 1.165) is 27.7 Å². The highest BCUT2D eigenvalue weighted by Gasteiger charge is 2.17. The van der Waals surface area contributed by atoms with Gasteiger partial charge in [-0.2, -0.15) is 0 Å². The monoisotopic (exact) mass is 343 g/mol. The number of benzene rings is 2. The van der Waals surface area contributed by atoms with Crippen LogP contribution in [-0.4, -0.2) is 21.7 Å². The van der Waals surface area contributed by atoms with Gasteiger partial charge in [0.2, 0.25) is 0 Å². The normalized spacial score (nSPS) is 12.3. The molecule has 0 spiro atoms. The van der Waals surface area contributed by atoms with Gasteiger partial charge in [-0.25, -0.2) is 4.79 Å². The summed E-state index contributed by atoms with van der Waals surface area (Å²) in [6.07, 6.45) is -0.897. The van der Waals surface area contributed by atoms with E-state index in [1.807, 2.05) is 43.4 Å². The van der Waals surface area contributed by atoms with Crippen LogP contribution < -0.4 is 4.74 Å². The molecule has 0 amide bonds. The summed E-state index contributed by atoms with van der Waals surface area (Å²) in [7, 11) is 2.01. The molecule has 1 aromatic heterocycles. The Labute approximate surface area is 145 Å². The van der Waals surface area contributed by atoms with Crippen LogP contribution in [0.4, 0.5) is 0 Å². The third kappa shape index (κ3) is 2.85. The zero-order valence-corrected chi connectivity index (χ0v) is 14.5. The SMILES string of the molecule is Cc1c(-c2ccc(Cl)cc2)c2cc(OC(C)C(=O)O)ccc2n1C. The molecule has 1 atom stereocenters. The van der Waals surface area contributed by atoms with E-state index in [2.05, 4.69) is 11.5 Å². The molecule has 0 radical (unpaired) electrons. The lowest BCUT2D eigenvalue weighted by molar-refractivity contribution is -0.144. The van der Waals surface area contributed by atoms with Crippen molar-refractivity contribution in [3.05, 3.63) is 53.2 Å². The molecule has 124 valence electrons. The molecule has 0 saturated heterocycles. The standard InChI is InChI=1S/C19H18ClNO3/c1-11-18(13-4-6-14(20)7-5-13)16-10-15(24-12(2)19(22)23)8-9-17(16)21(11)3/h4-10,12H,1-3H3,(H,22,23). The lowest BCUT2D eigenvalue weighted by Crippen LogP contribution is -2.22. The molecule has 3 rings (SSSR count). The number of halogens is 1. The lowest BCUT2D eigenvalue weighted by Gasteiger charge is -2.10. The number of aromatic nitrogens is 1. The van der Waals surface area contributed by atoms with Crippen LogP contribution in [0.1, 0.15) is 12.6 Å². The van der Waals surface area contributed by atoms with E-state index in [9.17, 15) is 4.79 Å². The van der Waals surface area contributed by atoms with E-state index < -0.39 is 12.1 Å². The molecular weight excluding hydrogens is 326 g/mol. The average molecular weight is 344 g/mol. The smallest absolute Gasteiger partial charge is 0.344 e. The summed E-state index contributed by atoms with van der Waals surface area (Å²) in [6.45, 7) is 3.58. The van der Waals surface area contributed by atoms with Gasteiger partial charge in [0.05, 0.1) is 0 Å². The molecule has 1 N–H and O–H groups in total. The molecule has 3 aromatic rings. The number of rotatable bonds is 4. The van der Waals surface area contributed by atoms with Crippen LogP contribution in [0.25, 0.3) is 22.0 Å². The van der Waals surface area contributed by atoms with E-state index in [1.54, 1.807) is 6.07 Å². The molecule has 0 aliphatic carbocycles. The molecule has 0 bridgehead atoms. The first-order valence-corrected chi connectivity index (χ1v) is 8.00. The van der Waals surface area contributed by atoms with Crippen LogP contribution in [0.2, 0.25) is 5.02 Å². The minimum Gasteiger partial charge on any atom is -0.479 e. The zero-order valence-electron chi connectivity index (χ0n) is 13.7. The molecule has 0 aliphatic heterocycles. The summed E-state index contributed by atoms with van der Waals surface area (Å²) in [6, 6.07) is 13.3. The molecule has 4 nitrogen and oxygen atoms in total. The van der Waals surface area contributed by atoms with Gasteiger partial charge in [0, 0.05) is 34.2 Å². The molecule has 1 unspecified atom stereocenters. The van der Waals surface area contributed by atoms with Crippen molar-refractivity contribution in [2.45, 2.75) is 20.0 Å². The van der Waals surface area contributed by atoms with Crippen molar-refractivity contribution < 1.29 is 14.6 Å². The van der Waals surface area contributed by atoms with Gasteiger partial charge in [0.25, 0.3) is 0 Å². The molecular formula is C19H18ClNO3. The quantitative estimate of drug-likeness (QED) is 0.749. The van der Waals surface area contributed by atoms with Crippen LogP contribution in [0.3, 0.4) is 0 Å². The highest BCUT2D eigenvalue weighted by molar-refractivity contribution is 6.30. The topological polar surface area (TPSA) is 51.5 Å². The van der Waals surface area contributed by atoms with E-state index in [-0.39, 0.29) is 0 Å². The second kappa shape index (κ2) is 6.21. The Bertz CT molecular complexity index is 913. The molecule has 0 fully saturated rings. The number of carboxylic acid groups (broad SMARTS) is 1. The van der Waals surface area contributed by atoms with Gasteiger partial charge in [0.1, 0.15) is 5.75 Å². The lowest BCUT2D eigenvalue weighted by atomic mass is 10.0. The zero-order chi connectivity index (χ0) is 17.4. The van der Waals surface area contributed by atoms with Crippen molar-refractivity contribution in [2.24, 2.45) is 7.05 Å². The number of aliphatic carboxylic acids is 1. The molecule has 2 aromatic carbocycles. The molecule has 24 heavy (non-hydrogen) atoms. The Morgan fingerprint density at radius 3 is 2.50 bits per heavy atom. The number of hydrogen-bond acceptors (Lipinski definition) is 2. The third-order valence-electron chi connectivity index (χ3n) is 4.26. The van der Waals surface area contributed by atoms with E-state index in [1.165, 1.54) is 6.92 Å². The second-order valence-electron chi connectivity index (χ2n) is 5.80. The number of fused-ring (bicyclic) bond motifs is 1. The highest BCUT2D eigenvalue weighted by atomic mass is 35.5. The van der Waals surface area contributed by atoms with Gasteiger partial charge < -0.3 is 14.4 Å². The van der Waals surface area contributed by atoms with Crippen LogP contribution in [-0.2, 0) is 11.8 Å². The first kappa shape index (κ1) is 16.4. The third-order valence-corrected chi connectivity index (χ3v) is 4.51. The predicted molar refractivity (Wildman–Crippen MR) is 95.8 cm³/mol. The van der Waals surface area contributed by atoms with Crippen LogP contribution in [0.15, 0.2) is 42.5 Å². The van der Waals surface area contributed by atoms with Crippen LogP contribution in [0, 0.1) is 6.92 Å². The van der Waals surface area contributed by atoms with E-state index in [4.69, 9.17) is 21.4 Å². The van der Waals surface area contributed by atoms with E-state index in [0.29, 0.717) is 10.8 Å². The van der Waals surface area contributed by atoms with Gasteiger partial charge in [-0.05, 0) is 49.7 Å². The summed E-state index contributed by atoms with van der Waals surface area (Å²) in [5.74, 6) is -0.449. The Kier molecular flexibility index (Phi) is 4.24. The Hall–Kier alpha value is -2.46. The Morgan fingerprint density at radius 1 is 1.21 bits per heavy atom. The minimum absolute atomic E-state index is 0.540. The van der Waals surface area contributed by atoms with Crippen LogP contribution in [0.5, 0.6) is 5.75 Å². The largest absolute Gasteiger partial charge is 0.479 e. The van der Waals surface area contributed by atoms with Gasteiger partial charge >= 0.3 is 5.97 Å². The number of carboxylic acids is 1. The molecule has 0 saturated carbocycles. The van der Waals surface area contributed by atoms with Gasteiger partial charge in [0.15, 0.2) is 6.10 Å². The summed E-state index contributed by atoms with van der Waals surface area (Å²) in [5.41, 5.74) is 4.34. The molecule has 5 heteroatoms. The minimum atomic E-state index is -0.989. The Balaban J connectivity index is 2.15. The molecule has 0 aliphatic rings.